The van der Waals surface area contributed by atoms with E-state index in [1.807, 2.05) is 37.4 Å². The Kier molecular flexibility index (Phi) is 5.26. The van der Waals surface area contributed by atoms with Gasteiger partial charge in [-0.25, -0.2) is 14.2 Å². The first-order valence-electron chi connectivity index (χ1n) is 8.28. The van der Waals surface area contributed by atoms with E-state index in [0.717, 1.165) is 11.4 Å². The molecule has 0 aliphatic carbocycles. The van der Waals surface area contributed by atoms with E-state index >= 15 is 0 Å². The van der Waals surface area contributed by atoms with Gasteiger partial charge >= 0.3 is 6.03 Å². The number of imidazole rings is 1. The Bertz CT molecular complexity index is 891. The van der Waals surface area contributed by atoms with Crippen LogP contribution in [-0.2, 0) is 6.54 Å². The number of carbonyl (C=O) groups is 1. The van der Waals surface area contributed by atoms with Crippen molar-refractivity contribution in [1.29, 1.82) is 0 Å². The number of rotatable bonds is 5. The van der Waals surface area contributed by atoms with E-state index in [4.69, 9.17) is 0 Å². The SMILES string of the molecule is Cc1nccn1[C@@H](C)c1ccc(NC(=O)NCc2ncccc2F)cc1. The second-order valence-corrected chi connectivity index (χ2v) is 5.92. The maximum Gasteiger partial charge on any atom is 0.319 e. The zero-order valence-corrected chi connectivity index (χ0v) is 14.6. The van der Waals surface area contributed by atoms with Gasteiger partial charge in [0.25, 0.3) is 0 Å². The van der Waals surface area contributed by atoms with Gasteiger partial charge < -0.3 is 15.2 Å². The highest BCUT2D eigenvalue weighted by Gasteiger charge is 2.10. The Hall–Kier alpha value is -3.22. The molecule has 2 N–H and O–H groups in total. The minimum atomic E-state index is -0.444. The molecule has 2 heterocycles. The van der Waals surface area contributed by atoms with Crippen LogP contribution in [0.15, 0.2) is 55.0 Å². The third-order valence-electron chi connectivity index (χ3n) is 4.18. The number of aryl methyl sites for hydroxylation is 1. The van der Waals surface area contributed by atoms with Gasteiger partial charge in [-0.15, -0.1) is 0 Å². The number of aromatic nitrogens is 3. The maximum absolute atomic E-state index is 13.5. The van der Waals surface area contributed by atoms with Crippen molar-refractivity contribution in [2.75, 3.05) is 5.32 Å². The van der Waals surface area contributed by atoms with E-state index in [0.29, 0.717) is 5.69 Å². The first-order valence-corrected chi connectivity index (χ1v) is 8.28. The summed E-state index contributed by atoms with van der Waals surface area (Å²) >= 11 is 0. The molecule has 0 spiro atoms. The number of anilines is 1. The number of carbonyl (C=O) groups excluding carboxylic acids is 1. The molecule has 3 aromatic rings. The van der Waals surface area contributed by atoms with Crippen molar-refractivity contribution in [3.8, 4) is 0 Å². The summed E-state index contributed by atoms with van der Waals surface area (Å²) in [6.07, 6.45) is 5.20. The van der Waals surface area contributed by atoms with Crippen LogP contribution >= 0.6 is 0 Å². The van der Waals surface area contributed by atoms with Gasteiger partial charge in [-0.3, -0.25) is 4.98 Å². The van der Waals surface area contributed by atoms with Crippen LogP contribution < -0.4 is 10.6 Å². The van der Waals surface area contributed by atoms with Crippen molar-refractivity contribution in [1.82, 2.24) is 19.9 Å². The fourth-order valence-corrected chi connectivity index (χ4v) is 2.69. The van der Waals surface area contributed by atoms with Crippen molar-refractivity contribution < 1.29 is 9.18 Å². The van der Waals surface area contributed by atoms with Crippen LogP contribution in [0.2, 0.25) is 0 Å². The molecule has 6 nitrogen and oxygen atoms in total. The largest absolute Gasteiger partial charge is 0.332 e. The topological polar surface area (TPSA) is 71.8 Å². The number of urea groups is 1. The van der Waals surface area contributed by atoms with Crippen molar-refractivity contribution in [3.05, 3.63) is 77.9 Å². The molecule has 0 aliphatic rings. The fraction of sp³-hybridized carbons (Fsp3) is 0.211. The molecule has 2 amide bonds. The van der Waals surface area contributed by atoms with Crippen LogP contribution in [0, 0.1) is 12.7 Å². The van der Waals surface area contributed by atoms with Gasteiger partial charge in [0, 0.05) is 24.3 Å². The Morgan fingerprint density at radius 1 is 1.19 bits per heavy atom. The lowest BCUT2D eigenvalue weighted by Gasteiger charge is -2.16. The average Bonchev–Trinajstić information content (AvgIpc) is 3.07. The molecule has 0 radical (unpaired) electrons. The molecule has 1 aromatic carbocycles. The van der Waals surface area contributed by atoms with Crippen LogP contribution in [-0.4, -0.2) is 20.6 Å². The molecule has 0 bridgehead atoms. The van der Waals surface area contributed by atoms with Crippen molar-refractivity contribution in [2.45, 2.75) is 26.4 Å². The number of nitrogens with zero attached hydrogens (tertiary/aromatic N) is 3. The molecule has 0 unspecified atom stereocenters. The summed E-state index contributed by atoms with van der Waals surface area (Å²) in [4.78, 5) is 20.1. The number of hydrogen-bond acceptors (Lipinski definition) is 3. The summed E-state index contributed by atoms with van der Waals surface area (Å²) in [5, 5.41) is 5.32. The summed E-state index contributed by atoms with van der Waals surface area (Å²) < 4.78 is 15.6. The molecular formula is C19H20FN5O. The quantitative estimate of drug-likeness (QED) is 0.735. The number of hydrogen-bond donors (Lipinski definition) is 2. The van der Waals surface area contributed by atoms with E-state index in [-0.39, 0.29) is 18.3 Å². The van der Waals surface area contributed by atoms with Gasteiger partial charge in [0.05, 0.1) is 18.3 Å². The van der Waals surface area contributed by atoms with Crippen LogP contribution in [0.4, 0.5) is 14.9 Å². The Morgan fingerprint density at radius 3 is 2.62 bits per heavy atom. The van der Waals surface area contributed by atoms with Gasteiger partial charge in [0.15, 0.2) is 0 Å². The zero-order chi connectivity index (χ0) is 18.5. The fourth-order valence-electron chi connectivity index (χ4n) is 2.69. The predicted molar refractivity (Wildman–Crippen MR) is 97.3 cm³/mol. The van der Waals surface area contributed by atoms with Crippen LogP contribution in [0.25, 0.3) is 0 Å². The average molecular weight is 353 g/mol. The van der Waals surface area contributed by atoms with Crippen molar-refractivity contribution in [3.63, 3.8) is 0 Å². The predicted octanol–water partition coefficient (Wildman–Crippen LogP) is 3.66. The number of benzene rings is 1. The second kappa shape index (κ2) is 7.77. The third kappa shape index (κ3) is 4.05. The zero-order valence-electron chi connectivity index (χ0n) is 14.6. The molecule has 2 aromatic heterocycles. The van der Waals surface area contributed by atoms with Gasteiger partial charge in [-0.1, -0.05) is 12.1 Å². The van der Waals surface area contributed by atoms with Crippen LogP contribution in [0.1, 0.15) is 30.0 Å². The number of nitrogens with one attached hydrogen (secondary N) is 2. The molecule has 0 saturated heterocycles. The summed E-state index contributed by atoms with van der Waals surface area (Å²) in [7, 11) is 0. The molecule has 0 aliphatic heterocycles. The van der Waals surface area contributed by atoms with Gasteiger partial charge in [-0.2, -0.15) is 0 Å². The van der Waals surface area contributed by atoms with Gasteiger partial charge in [0.2, 0.25) is 0 Å². The lowest BCUT2D eigenvalue weighted by Crippen LogP contribution is -2.28. The van der Waals surface area contributed by atoms with E-state index in [2.05, 4.69) is 32.1 Å². The summed E-state index contributed by atoms with van der Waals surface area (Å²) in [5.74, 6) is 0.502. The Labute approximate surface area is 151 Å². The monoisotopic (exact) mass is 353 g/mol. The molecule has 7 heteroatoms. The summed E-state index contributed by atoms with van der Waals surface area (Å²) in [6, 6.07) is 10.1. The normalized spacial score (nSPS) is 11.8. The number of pyridine rings is 1. The molecule has 1 atom stereocenters. The van der Waals surface area contributed by atoms with Gasteiger partial charge in [0.1, 0.15) is 11.6 Å². The highest BCUT2D eigenvalue weighted by atomic mass is 19.1. The van der Waals surface area contributed by atoms with Crippen LogP contribution in [0.3, 0.4) is 0 Å². The first kappa shape index (κ1) is 17.6. The lowest BCUT2D eigenvalue weighted by atomic mass is 10.1. The lowest BCUT2D eigenvalue weighted by molar-refractivity contribution is 0.251. The second-order valence-electron chi connectivity index (χ2n) is 5.92. The standard InChI is InChI=1S/C19H20FN5O/c1-13(25-11-10-21-14(25)2)15-5-7-16(8-6-15)24-19(26)23-12-18-17(20)4-3-9-22-18/h3-11,13H,12H2,1-2H3,(H2,23,24,26)/t13-/m0/s1. The molecule has 0 fully saturated rings. The minimum Gasteiger partial charge on any atom is -0.332 e. The highest BCUT2D eigenvalue weighted by molar-refractivity contribution is 5.89. The van der Waals surface area contributed by atoms with Crippen LogP contribution in [0.5, 0.6) is 0 Å². The Morgan fingerprint density at radius 2 is 1.96 bits per heavy atom. The molecule has 134 valence electrons. The molecule has 3 rings (SSSR count). The smallest absolute Gasteiger partial charge is 0.319 e. The first-order chi connectivity index (χ1) is 12.5. The van der Waals surface area contributed by atoms with E-state index in [1.165, 1.54) is 18.3 Å². The molecule has 0 saturated carbocycles. The minimum absolute atomic E-state index is 0.0214. The van der Waals surface area contributed by atoms with Crippen molar-refractivity contribution >= 4 is 11.7 Å². The number of amides is 2. The van der Waals surface area contributed by atoms with Gasteiger partial charge in [-0.05, 0) is 43.7 Å². The highest BCUT2D eigenvalue weighted by Crippen LogP contribution is 2.21. The van der Waals surface area contributed by atoms with E-state index in [1.54, 1.807) is 6.20 Å². The molecular weight excluding hydrogens is 333 g/mol. The summed E-state index contributed by atoms with van der Waals surface area (Å²) in [6.45, 7) is 4.07. The van der Waals surface area contributed by atoms with E-state index in [9.17, 15) is 9.18 Å². The van der Waals surface area contributed by atoms with E-state index < -0.39 is 11.8 Å². The Balaban J connectivity index is 1.58. The molecule has 26 heavy (non-hydrogen) atoms. The third-order valence-corrected chi connectivity index (χ3v) is 4.18. The summed E-state index contributed by atoms with van der Waals surface area (Å²) in [5.41, 5.74) is 1.96. The van der Waals surface area contributed by atoms with Crippen molar-refractivity contribution in [2.24, 2.45) is 0 Å². The maximum atomic E-state index is 13.5. The number of halogens is 1.